The Morgan fingerprint density at radius 2 is 2.11 bits per heavy atom. The molecule has 2 N–H and O–H groups in total. The molecule has 2 aromatic heterocycles. The molecule has 0 saturated carbocycles. The van der Waals surface area contributed by atoms with Gasteiger partial charge in [0.25, 0.3) is 0 Å². The Balaban J connectivity index is 1.57. The van der Waals surface area contributed by atoms with Crippen molar-refractivity contribution in [1.29, 1.82) is 0 Å². The lowest BCUT2D eigenvalue weighted by molar-refractivity contribution is 0.175. The van der Waals surface area contributed by atoms with Crippen LogP contribution in [0.1, 0.15) is 16.5 Å². The number of hydrogen-bond donors (Lipinski definition) is 2. The van der Waals surface area contributed by atoms with Crippen LogP contribution in [0.25, 0.3) is 10.1 Å². The normalized spacial score (nSPS) is 12.9. The number of rotatable bonds is 5. The molecule has 3 rings (SSSR count). The van der Waals surface area contributed by atoms with E-state index in [9.17, 15) is 5.11 Å². The summed E-state index contributed by atoms with van der Waals surface area (Å²) in [6.07, 6.45) is -0.416. The van der Waals surface area contributed by atoms with Crippen molar-refractivity contribution in [2.75, 3.05) is 6.54 Å². The second-order valence-electron chi connectivity index (χ2n) is 4.45. The lowest BCUT2D eigenvalue weighted by atomic mass is 10.2. The fourth-order valence-electron chi connectivity index (χ4n) is 2.04. The minimum atomic E-state index is -0.416. The van der Waals surface area contributed by atoms with Gasteiger partial charge in [0.2, 0.25) is 0 Å². The summed E-state index contributed by atoms with van der Waals surface area (Å²) < 4.78 is 1.32. The van der Waals surface area contributed by atoms with Gasteiger partial charge in [-0.1, -0.05) is 18.2 Å². The van der Waals surface area contributed by atoms with E-state index in [0.29, 0.717) is 6.54 Å². The van der Waals surface area contributed by atoms with Crippen LogP contribution in [0.3, 0.4) is 0 Å². The lowest BCUT2D eigenvalue weighted by Crippen LogP contribution is -2.20. The summed E-state index contributed by atoms with van der Waals surface area (Å²) in [5.41, 5.74) is 0.994. The number of aliphatic hydroxyl groups is 1. The van der Waals surface area contributed by atoms with Gasteiger partial charge in [-0.2, -0.15) is 11.3 Å². The van der Waals surface area contributed by atoms with Crippen molar-refractivity contribution >= 4 is 32.8 Å². The topological polar surface area (TPSA) is 32.3 Å². The van der Waals surface area contributed by atoms with E-state index in [0.717, 1.165) is 12.1 Å². The zero-order valence-corrected chi connectivity index (χ0v) is 12.0. The van der Waals surface area contributed by atoms with E-state index in [-0.39, 0.29) is 0 Å². The zero-order chi connectivity index (χ0) is 13.1. The Bertz CT molecular complexity index is 612. The van der Waals surface area contributed by atoms with Gasteiger partial charge >= 0.3 is 0 Å². The van der Waals surface area contributed by atoms with Crippen LogP contribution in [0.2, 0.25) is 0 Å². The Hall–Kier alpha value is -1.20. The number of benzene rings is 1. The van der Waals surface area contributed by atoms with Crippen molar-refractivity contribution in [1.82, 2.24) is 5.32 Å². The Labute approximate surface area is 120 Å². The lowest BCUT2D eigenvalue weighted by Gasteiger charge is -2.09. The molecule has 0 aliphatic carbocycles. The number of nitrogens with one attached hydrogen (secondary N) is 1. The van der Waals surface area contributed by atoms with Crippen molar-refractivity contribution < 1.29 is 5.11 Å². The van der Waals surface area contributed by atoms with Crippen molar-refractivity contribution in [3.05, 3.63) is 57.6 Å². The third-order valence-electron chi connectivity index (χ3n) is 3.04. The van der Waals surface area contributed by atoms with Crippen LogP contribution in [0.15, 0.2) is 47.2 Å². The maximum absolute atomic E-state index is 9.97. The quantitative estimate of drug-likeness (QED) is 0.749. The van der Waals surface area contributed by atoms with Gasteiger partial charge in [0, 0.05) is 22.7 Å². The molecule has 0 fully saturated rings. The summed E-state index contributed by atoms with van der Waals surface area (Å²) in [6.45, 7) is 1.39. The summed E-state index contributed by atoms with van der Waals surface area (Å²) in [5, 5.41) is 18.6. The molecule has 2 heterocycles. The highest BCUT2D eigenvalue weighted by molar-refractivity contribution is 7.19. The molecular weight excluding hydrogens is 274 g/mol. The smallest absolute Gasteiger partial charge is 0.0922 e. The molecule has 0 radical (unpaired) electrons. The van der Waals surface area contributed by atoms with E-state index in [1.165, 1.54) is 15.0 Å². The molecule has 1 unspecified atom stereocenters. The highest BCUT2D eigenvalue weighted by Crippen LogP contribution is 2.25. The third-order valence-corrected chi connectivity index (χ3v) is 4.86. The van der Waals surface area contributed by atoms with Gasteiger partial charge in [-0.25, -0.2) is 0 Å². The van der Waals surface area contributed by atoms with Gasteiger partial charge in [-0.3, -0.25) is 0 Å². The van der Waals surface area contributed by atoms with E-state index in [1.54, 1.807) is 22.7 Å². The maximum Gasteiger partial charge on any atom is 0.0922 e. The molecule has 19 heavy (non-hydrogen) atoms. The predicted octanol–water partition coefficient (Wildman–Crippen LogP) is 3.79. The minimum absolute atomic E-state index is 0.416. The van der Waals surface area contributed by atoms with E-state index in [1.807, 2.05) is 16.8 Å². The van der Waals surface area contributed by atoms with Crippen molar-refractivity contribution in [3.8, 4) is 0 Å². The molecule has 4 heteroatoms. The first-order valence-electron chi connectivity index (χ1n) is 6.21. The van der Waals surface area contributed by atoms with Gasteiger partial charge in [-0.15, -0.1) is 11.3 Å². The maximum atomic E-state index is 9.97. The standard InChI is InChI=1S/C15H15NOS2/c17-14(12-5-6-18-10-12)9-16-8-13-7-11-3-1-2-4-15(11)19-13/h1-7,10,14,16-17H,8-9H2. The summed E-state index contributed by atoms with van der Waals surface area (Å²) >= 11 is 3.42. The summed E-state index contributed by atoms with van der Waals surface area (Å²) in [7, 11) is 0. The number of fused-ring (bicyclic) bond motifs is 1. The second kappa shape index (κ2) is 5.84. The SMILES string of the molecule is OC(CNCc1cc2ccccc2s1)c1ccsc1. The van der Waals surface area contributed by atoms with Gasteiger partial charge < -0.3 is 10.4 Å². The highest BCUT2D eigenvalue weighted by Gasteiger charge is 2.07. The first-order valence-corrected chi connectivity index (χ1v) is 7.97. The van der Waals surface area contributed by atoms with E-state index >= 15 is 0 Å². The van der Waals surface area contributed by atoms with Crippen molar-refractivity contribution in [2.24, 2.45) is 0 Å². The molecule has 3 aromatic rings. The fraction of sp³-hybridized carbons (Fsp3) is 0.200. The van der Waals surface area contributed by atoms with Crippen LogP contribution in [0, 0.1) is 0 Å². The summed E-state index contributed by atoms with van der Waals surface area (Å²) in [6, 6.07) is 12.6. The molecule has 98 valence electrons. The van der Waals surface area contributed by atoms with Crippen LogP contribution < -0.4 is 5.32 Å². The summed E-state index contributed by atoms with van der Waals surface area (Å²) in [4.78, 5) is 1.30. The molecule has 0 amide bonds. The van der Waals surface area contributed by atoms with Crippen LogP contribution in [0.5, 0.6) is 0 Å². The average Bonchev–Trinajstić information content (AvgIpc) is 3.07. The molecule has 0 spiro atoms. The fourth-order valence-corrected chi connectivity index (χ4v) is 3.78. The van der Waals surface area contributed by atoms with E-state index in [2.05, 4.69) is 35.6 Å². The molecular formula is C15H15NOS2. The van der Waals surface area contributed by atoms with Crippen molar-refractivity contribution in [2.45, 2.75) is 12.6 Å². The molecule has 0 bridgehead atoms. The van der Waals surface area contributed by atoms with Gasteiger partial charge in [0.15, 0.2) is 0 Å². The molecule has 1 aromatic carbocycles. The summed E-state index contributed by atoms with van der Waals surface area (Å²) in [5.74, 6) is 0. The van der Waals surface area contributed by atoms with Crippen LogP contribution >= 0.6 is 22.7 Å². The highest BCUT2D eigenvalue weighted by atomic mass is 32.1. The Morgan fingerprint density at radius 3 is 2.89 bits per heavy atom. The predicted molar refractivity (Wildman–Crippen MR) is 82.8 cm³/mol. The van der Waals surface area contributed by atoms with Crippen molar-refractivity contribution in [3.63, 3.8) is 0 Å². The first-order chi connectivity index (χ1) is 9.33. The zero-order valence-electron chi connectivity index (χ0n) is 10.4. The average molecular weight is 289 g/mol. The number of thiophene rings is 2. The van der Waals surface area contributed by atoms with E-state index < -0.39 is 6.10 Å². The molecule has 0 aliphatic heterocycles. The largest absolute Gasteiger partial charge is 0.387 e. The number of aliphatic hydroxyl groups excluding tert-OH is 1. The van der Waals surface area contributed by atoms with Crippen LogP contribution in [-0.4, -0.2) is 11.7 Å². The van der Waals surface area contributed by atoms with E-state index in [4.69, 9.17) is 0 Å². The Morgan fingerprint density at radius 1 is 1.21 bits per heavy atom. The molecule has 2 nitrogen and oxygen atoms in total. The first kappa shape index (κ1) is 12.8. The van der Waals surface area contributed by atoms with Gasteiger partial charge in [-0.05, 0) is 39.9 Å². The monoisotopic (exact) mass is 289 g/mol. The van der Waals surface area contributed by atoms with Gasteiger partial charge in [0.05, 0.1) is 6.10 Å². The molecule has 1 atom stereocenters. The second-order valence-corrected chi connectivity index (χ2v) is 6.40. The van der Waals surface area contributed by atoms with Crippen LogP contribution in [0.4, 0.5) is 0 Å². The third kappa shape index (κ3) is 3.04. The number of hydrogen-bond acceptors (Lipinski definition) is 4. The molecule has 0 aliphatic rings. The Kier molecular flexibility index (Phi) is 3.94. The minimum Gasteiger partial charge on any atom is -0.387 e. The van der Waals surface area contributed by atoms with Crippen LogP contribution in [-0.2, 0) is 6.54 Å². The molecule has 0 saturated heterocycles. The van der Waals surface area contributed by atoms with Gasteiger partial charge in [0.1, 0.15) is 0 Å².